The van der Waals surface area contributed by atoms with Gasteiger partial charge in [-0.15, -0.1) is 0 Å². The van der Waals surface area contributed by atoms with Crippen LogP contribution in [0.15, 0.2) is 0 Å². The van der Waals surface area contributed by atoms with Gasteiger partial charge in [0.05, 0.1) is 6.61 Å². The first-order valence-electron chi connectivity index (χ1n) is 6.11. The van der Waals surface area contributed by atoms with Crippen LogP contribution in [-0.2, 0) is 9.59 Å². The quantitative estimate of drug-likeness (QED) is 0.534. The Kier molecular flexibility index (Phi) is 7.54. The van der Waals surface area contributed by atoms with Crippen molar-refractivity contribution in [3.63, 3.8) is 0 Å². The Morgan fingerprint density at radius 2 is 1.76 bits per heavy atom. The fourth-order valence-electron chi connectivity index (χ4n) is 1.42. The average molecular weight is 245 g/mol. The molecule has 5 heteroatoms. The lowest BCUT2D eigenvalue weighted by molar-refractivity contribution is -0.148. The van der Waals surface area contributed by atoms with Gasteiger partial charge in [0.25, 0.3) is 0 Å². The number of carboxylic acids is 1. The molecule has 0 aliphatic rings. The molecule has 0 fully saturated rings. The van der Waals surface area contributed by atoms with Crippen molar-refractivity contribution < 1.29 is 19.8 Å². The highest BCUT2D eigenvalue weighted by Crippen LogP contribution is 2.07. The number of nitrogens with one attached hydrogen (secondary N) is 1. The molecule has 0 spiro atoms. The van der Waals surface area contributed by atoms with E-state index in [1.807, 2.05) is 0 Å². The molecular formula is C12H23NO4. The van der Waals surface area contributed by atoms with Crippen molar-refractivity contribution in [2.24, 2.45) is 0 Å². The number of aliphatic carboxylic acids is 1. The largest absolute Gasteiger partial charge is 0.479 e. The highest BCUT2D eigenvalue weighted by molar-refractivity contribution is 5.86. The van der Waals surface area contributed by atoms with E-state index in [2.05, 4.69) is 12.2 Å². The maximum absolute atomic E-state index is 11.5. The van der Waals surface area contributed by atoms with Crippen molar-refractivity contribution in [1.29, 1.82) is 0 Å². The summed E-state index contributed by atoms with van der Waals surface area (Å²) in [5, 5.41) is 20.1. The second-order valence-corrected chi connectivity index (χ2v) is 4.51. The van der Waals surface area contributed by atoms with Gasteiger partial charge in [-0.3, -0.25) is 4.79 Å². The number of aliphatic hydroxyl groups excluding tert-OH is 1. The minimum Gasteiger partial charge on any atom is -0.479 e. The van der Waals surface area contributed by atoms with Crippen LogP contribution in [0, 0.1) is 0 Å². The van der Waals surface area contributed by atoms with Crippen LogP contribution in [0.2, 0.25) is 0 Å². The molecule has 0 radical (unpaired) electrons. The van der Waals surface area contributed by atoms with E-state index in [0.29, 0.717) is 6.42 Å². The summed E-state index contributed by atoms with van der Waals surface area (Å²) in [4.78, 5) is 22.3. The predicted octanol–water partition coefficient (Wildman–Crippen LogP) is 1.30. The molecule has 0 aliphatic heterocycles. The summed E-state index contributed by atoms with van der Waals surface area (Å²) >= 11 is 0. The van der Waals surface area contributed by atoms with Gasteiger partial charge < -0.3 is 15.5 Å². The van der Waals surface area contributed by atoms with Crippen LogP contribution in [0.5, 0.6) is 0 Å². The predicted molar refractivity (Wildman–Crippen MR) is 64.6 cm³/mol. The van der Waals surface area contributed by atoms with Gasteiger partial charge in [0.15, 0.2) is 5.54 Å². The topological polar surface area (TPSA) is 86.6 Å². The molecule has 100 valence electrons. The molecule has 1 amide bonds. The summed E-state index contributed by atoms with van der Waals surface area (Å²) in [5.41, 5.74) is -1.57. The minimum absolute atomic E-state index is 0.312. The number of carbonyl (C=O) groups is 2. The van der Waals surface area contributed by atoms with E-state index in [1.165, 1.54) is 6.92 Å². The molecule has 0 aromatic carbocycles. The minimum atomic E-state index is -1.57. The lowest BCUT2D eigenvalue weighted by atomic mass is 10.0. The Morgan fingerprint density at radius 1 is 1.18 bits per heavy atom. The standard InChI is InChI=1S/C12H23NO4/c1-3-4-5-6-7-8-10(15)13-12(2,9-14)11(16)17/h14H,3-9H2,1-2H3,(H,13,15)(H,16,17)/t12-/m0/s1. The molecule has 5 nitrogen and oxygen atoms in total. The Labute approximate surface area is 102 Å². The van der Waals surface area contributed by atoms with Crippen LogP contribution >= 0.6 is 0 Å². The van der Waals surface area contributed by atoms with E-state index in [4.69, 9.17) is 10.2 Å². The second-order valence-electron chi connectivity index (χ2n) is 4.51. The summed E-state index contributed by atoms with van der Waals surface area (Å²) in [5.74, 6) is -1.54. The van der Waals surface area contributed by atoms with Gasteiger partial charge in [0, 0.05) is 6.42 Å². The van der Waals surface area contributed by atoms with E-state index in [9.17, 15) is 9.59 Å². The third-order valence-electron chi connectivity index (χ3n) is 2.71. The Balaban J connectivity index is 3.88. The van der Waals surface area contributed by atoms with Crippen LogP contribution in [0.3, 0.4) is 0 Å². The maximum atomic E-state index is 11.5. The highest BCUT2D eigenvalue weighted by Gasteiger charge is 2.33. The number of amides is 1. The molecule has 0 aliphatic carbocycles. The van der Waals surface area contributed by atoms with E-state index in [-0.39, 0.29) is 5.91 Å². The number of hydrogen-bond donors (Lipinski definition) is 3. The number of hydrogen-bond acceptors (Lipinski definition) is 3. The number of rotatable bonds is 9. The normalized spacial score (nSPS) is 14.1. The Bertz CT molecular complexity index is 255. The molecule has 0 aromatic rings. The van der Waals surface area contributed by atoms with Crippen LogP contribution in [-0.4, -0.2) is 34.2 Å². The van der Waals surface area contributed by atoms with Gasteiger partial charge in [-0.2, -0.15) is 0 Å². The number of unbranched alkanes of at least 4 members (excludes halogenated alkanes) is 4. The molecule has 0 rings (SSSR count). The third kappa shape index (κ3) is 6.26. The van der Waals surface area contributed by atoms with Crippen molar-refractivity contribution in [1.82, 2.24) is 5.32 Å². The molecule has 0 heterocycles. The van der Waals surface area contributed by atoms with Crippen LogP contribution < -0.4 is 5.32 Å². The fraction of sp³-hybridized carbons (Fsp3) is 0.833. The second kappa shape index (κ2) is 8.06. The van der Waals surface area contributed by atoms with E-state index in [0.717, 1.165) is 32.1 Å². The molecular weight excluding hydrogens is 222 g/mol. The van der Waals surface area contributed by atoms with Crippen molar-refractivity contribution in [2.75, 3.05) is 6.61 Å². The van der Waals surface area contributed by atoms with Crippen LogP contribution in [0.1, 0.15) is 52.4 Å². The molecule has 0 unspecified atom stereocenters. The molecule has 3 N–H and O–H groups in total. The zero-order valence-corrected chi connectivity index (χ0v) is 10.7. The van der Waals surface area contributed by atoms with E-state index in [1.54, 1.807) is 0 Å². The first-order chi connectivity index (χ1) is 7.96. The molecule has 0 aromatic heterocycles. The van der Waals surface area contributed by atoms with Crippen molar-refractivity contribution >= 4 is 11.9 Å². The Morgan fingerprint density at radius 3 is 2.24 bits per heavy atom. The summed E-state index contributed by atoms with van der Waals surface area (Å²) in [6, 6.07) is 0. The molecule has 17 heavy (non-hydrogen) atoms. The first-order valence-corrected chi connectivity index (χ1v) is 6.11. The summed E-state index contributed by atoms with van der Waals surface area (Å²) < 4.78 is 0. The van der Waals surface area contributed by atoms with Gasteiger partial charge in [-0.05, 0) is 13.3 Å². The molecule has 0 saturated heterocycles. The van der Waals surface area contributed by atoms with Gasteiger partial charge >= 0.3 is 5.97 Å². The SMILES string of the molecule is CCCCCCCC(=O)N[C@@](C)(CO)C(=O)O. The number of carbonyl (C=O) groups excluding carboxylic acids is 1. The van der Waals surface area contributed by atoms with Crippen LogP contribution in [0.4, 0.5) is 0 Å². The zero-order chi connectivity index (χ0) is 13.3. The van der Waals surface area contributed by atoms with Crippen molar-refractivity contribution in [3.8, 4) is 0 Å². The maximum Gasteiger partial charge on any atom is 0.331 e. The lowest BCUT2D eigenvalue weighted by Gasteiger charge is -2.23. The summed E-state index contributed by atoms with van der Waals surface area (Å²) in [6.07, 6.45) is 5.45. The fourth-order valence-corrected chi connectivity index (χ4v) is 1.42. The number of aliphatic hydroxyl groups is 1. The highest BCUT2D eigenvalue weighted by atomic mass is 16.4. The molecule has 0 saturated carbocycles. The van der Waals surface area contributed by atoms with Crippen LogP contribution in [0.25, 0.3) is 0 Å². The Hall–Kier alpha value is -1.10. The summed E-state index contributed by atoms with van der Waals surface area (Å²) in [7, 11) is 0. The van der Waals surface area contributed by atoms with E-state index >= 15 is 0 Å². The van der Waals surface area contributed by atoms with Gasteiger partial charge in [-0.25, -0.2) is 4.79 Å². The first kappa shape index (κ1) is 15.9. The average Bonchev–Trinajstić information content (AvgIpc) is 2.28. The van der Waals surface area contributed by atoms with E-state index < -0.39 is 18.1 Å². The van der Waals surface area contributed by atoms with Crippen molar-refractivity contribution in [3.05, 3.63) is 0 Å². The monoisotopic (exact) mass is 245 g/mol. The zero-order valence-electron chi connectivity index (χ0n) is 10.7. The smallest absolute Gasteiger partial charge is 0.331 e. The number of carboxylic acid groups (broad SMARTS) is 1. The lowest BCUT2D eigenvalue weighted by Crippen LogP contribution is -2.54. The van der Waals surface area contributed by atoms with Gasteiger partial charge in [0.2, 0.25) is 5.91 Å². The third-order valence-corrected chi connectivity index (χ3v) is 2.71. The molecule has 0 bridgehead atoms. The van der Waals surface area contributed by atoms with Gasteiger partial charge in [0.1, 0.15) is 0 Å². The van der Waals surface area contributed by atoms with Crippen molar-refractivity contribution in [2.45, 2.75) is 57.9 Å². The summed E-state index contributed by atoms with van der Waals surface area (Å²) in [6.45, 7) is 2.81. The molecule has 1 atom stereocenters. The van der Waals surface area contributed by atoms with Gasteiger partial charge in [-0.1, -0.05) is 32.6 Å².